The van der Waals surface area contributed by atoms with Crippen LogP contribution in [0.25, 0.3) is 0 Å². The molecule has 0 aliphatic heterocycles. The van der Waals surface area contributed by atoms with Crippen molar-refractivity contribution < 1.29 is 4.79 Å². The highest BCUT2D eigenvalue weighted by Gasteiger charge is 2.35. The predicted octanol–water partition coefficient (Wildman–Crippen LogP) is 3.28. The van der Waals surface area contributed by atoms with E-state index in [-0.39, 0.29) is 17.4 Å². The van der Waals surface area contributed by atoms with Gasteiger partial charge in [-0.25, -0.2) is 0 Å². The summed E-state index contributed by atoms with van der Waals surface area (Å²) in [6, 6.07) is 7.70. The molecule has 1 aromatic carbocycles. The number of benzene rings is 1. The molecule has 2 nitrogen and oxygen atoms in total. The summed E-state index contributed by atoms with van der Waals surface area (Å²) in [6.07, 6.45) is 3.45. The van der Waals surface area contributed by atoms with Crippen LogP contribution >= 0.6 is 12.6 Å². The zero-order valence-electron chi connectivity index (χ0n) is 10.4. The Hall–Kier alpha value is -0.960. The second-order valence-corrected chi connectivity index (χ2v) is 5.91. The molecule has 1 amide bonds. The molecular weight excluding hydrogens is 230 g/mol. The summed E-state index contributed by atoms with van der Waals surface area (Å²) in [5.74, 6) is -0.00410. The Bertz CT molecular complexity index is 428. The first kappa shape index (κ1) is 12.5. The number of rotatable bonds is 2. The second-order valence-electron chi connectivity index (χ2n) is 5.42. The molecule has 0 spiro atoms. The minimum Gasteiger partial charge on any atom is -0.349 e. The van der Waals surface area contributed by atoms with Crippen LogP contribution in [0.3, 0.4) is 0 Å². The van der Waals surface area contributed by atoms with Gasteiger partial charge in [-0.3, -0.25) is 4.79 Å². The van der Waals surface area contributed by atoms with Crippen molar-refractivity contribution in [3.8, 4) is 0 Å². The molecule has 0 bridgehead atoms. The zero-order chi connectivity index (χ0) is 12.5. The van der Waals surface area contributed by atoms with Gasteiger partial charge in [-0.2, -0.15) is 0 Å². The zero-order valence-corrected chi connectivity index (χ0v) is 11.3. The molecule has 0 radical (unpaired) electrons. The molecule has 1 N–H and O–H groups in total. The molecule has 2 rings (SSSR count). The Morgan fingerprint density at radius 2 is 2.12 bits per heavy atom. The smallest absolute Gasteiger partial charge is 0.252 e. The van der Waals surface area contributed by atoms with Crippen LogP contribution in [-0.4, -0.2) is 11.9 Å². The Labute approximate surface area is 108 Å². The Balaban J connectivity index is 2.10. The van der Waals surface area contributed by atoms with Crippen LogP contribution in [-0.2, 0) is 0 Å². The van der Waals surface area contributed by atoms with Crippen molar-refractivity contribution in [2.24, 2.45) is 5.41 Å². The monoisotopic (exact) mass is 249 g/mol. The van der Waals surface area contributed by atoms with Gasteiger partial charge in [0.1, 0.15) is 0 Å². The lowest BCUT2D eigenvalue weighted by molar-refractivity contribution is 0.0907. The number of hydrogen-bond donors (Lipinski definition) is 2. The van der Waals surface area contributed by atoms with E-state index in [4.69, 9.17) is 0 Å². The fourth-order valence-electron chi connectivity index (χ4n) is 2.50. The van der Waals surface area contributed by atoms with E-state index in [2.05, 4.69) is 31.8 Å². The standard InChI is InChI=1S/C14H19NOS/c1-14(2)9-5-8-12(14)15-13(16)10-6-3-4-7-11(10)17/h3-4,6-7,12,17H,5,8-9H2,1-2H3,(H,15,16). The van der Waals surface area contributed by atoms with Gasteiger partial charge in [0, 0.05) is 10.9 Å². The summed E-state index contributed by atoms with van der Waals surface area (Å²) in [7, 11) is 0. The average molecular weight is 249 g/mol. The van der Waals surface area contributed by atoms with Crippen molar-refractivity contribution in [3.63, 3.8) is 0 Å². The van der Waals surface area contributed by atoms with Crippen molar-refractivity contribution in [1.29, 1.82) is 0 Å². The number of carbonyl (C=O) groups excluding carboxylic acids is 1. The third-order valence-electron chi connectivity index (χ3n) is 3.71. The number of thiol groups is 1. The highest BCUT2D eigenvalue weighted by atomic mass is 32.1. The maximum atomic E-state index is 12.1. The van der Waals surface area contributed by atoms with E-state index in [0.29, 0.717) is 5.56 Å². The van der Waals surface area contributed by atoms with Crippen molar-refractivity contribution in [2.75, 3.05) is 0 Å². The predicted molar refractivity (Wildman–Crippen MR) is 72.6 cm³/mol. The van der Waals surface area contributed by atoms with Crippen LogP contribution in [0.5, 0.6) is 0 Å². The van der Waals surface area contributed by atoms with Crippen LogP contribution in [0.15, 0.2) is 29.2 Å². The van der Waals surface area contributed by atoms with Gasteiger partial charge in [-0.1, -0.05) is 32.4 Å². The molecular formula is C14H19NOS. The molecule has 0 aromatic heterocycles. The Morgan fingerprint density at radius 1 is 1.41 bits per heavy atom. The molecule has 0 saturated heterocycles. The van der Waals surface area contributed by atoms with Gasteiger partial charge in [0.2, 0.25) is 0 Å². The first-order valence-electron chi connectivity index (χ1n) is 6.09. The van der Waals surface area contributed by atoms with Crippen molar-refractivity contribution in [3.05, 3.63) is 29.8 Å². The first-order chi connectivity index (χ1) is 8.00. The largest absolute Gasteiger partial charge is 0.349 e. The number of nitrogens with one attached hydrogen (secondary N) is 1. The van der Waals surface area contributed by atoms with Crippen molar-refractivity contribution in [1.82, 2.24) is 5.32 Å². The van der Waals surface area contributed by atoms with Gasteiger partial charge in [0.05, 0.1) is 5.56 Å². The van der Waals surface area contributed by atoms with Gasteiger partial charge in [-0.15, -0.1) is 12.6 Å². The van der Waals surface area contributed by atoms with E-state index in [1.54, 1.807) is 0 Å². The van der Waals surface area contributed by atoms with Crippen molar-refractivity contribution >= 4 is 18.5 Å². The van der Waals surface area contributed by atoms with Gasteiger partial charge < -0.3 is 5.32 Å². The van der Waals surface area contributed by atoms with E-state index in [0.717, 1.165) is 11.3 Å². The third-order valence-corrected chi connectivity index (χ3v) is 4.10. The molecule has 1 aromatic rings. The molecule has 1 fully saturated rings. The van der Waals surface area contributed by atoms with Gasteiger partial charge in [0.15, 0.2) is 0 Å². The molecule has 1 aliphatic rings. The minimum atomic E-state index is -0.00410. The summed E-state index contributed by atoms with van der Waals surface area (Å²) in [5.41, 5.74) is 0.875. The maximum absolute atomic E-state index is 12.1. The molecule has 1 atom stereocenters. The van der Waals surface area contributed by atoms with E-state index < -0.39 is 0 Å². The lowest BCUT2D eigenvalue weighted by Gasteiger charge is -2.28. The molecule has 1 aliphatic carbocycles. The van der Waals surface area contributed by atoms with Gasteiger partial charge >= 0.3 is 0 Å². The summed E-state index contributed by atoms with van der Waals surface area (Å²) in [5, 5.41) is 3.14. The third kappa shape index (κ3) is 2.65. The summed E-state index contributed by atoms with van der Waals surface area (Å²) >= 11 is 4.32. The molecule has 1 saturated carbocycles. The fourth-order valence-corrected chi connectivity index (χ4v) is 2.76. The number of hydrogen-bond acceptors (Lipinski definition) is 2. The Kier molecular flexibility index (Phi) is 3.48. The van der Waals surface area contributed by atoms with Crippen LogP contribution in [0.1, 0.15) is 43.5 Å². The van der Waals surface area contributed by atoms with Crippen LogP contribution in [0.2, 0.25) is 0 Å². The average Bonchev–Trinajstić information content (AvgIpc) is 2.59. The topological polar surface area (TPSA) is 29.1 Å². The van der Waals surface area contributed by atoms with Crippen molar-refractivity contribution in [2.45, 2.75) is 44.0 Å². The van der Waals surface area contributed by atoms with Crippen LogP contribution < -0.4 is 5.32 Å². The number of carbonyl (C=O) groups is 1. The van der Waals surface area contributed by atoms with E-state index >= 15 is 0 Å². The lowest BCUT2D eigenvalue weighted by Crippen LogP contribution is -2.41. The van der Waals surface area contributed by atoms with Gasteiger partial charge in [-0.05, 0) is 30.4 Å². The second kappa shape index (κ2) is 4.73. The molecule has 1 unspecified atom stereocenters. The summed E-state index contributed by atoms with van der Waals surface area (Å²) < 4.78 is 0. The normalized spacial score (nSPS) is 22.4. The van der Waals surface area contributed by atoms with E-state index in [9.17, 15) is 4.79 Å². The SMILES string of the molecule is CC1(C)CCCC1NC(=O)c1ccccc1S. The van der Waals surface area contributed by atoms with E-state index in [1.807, 2.05) is 24.3 Å². The fraction of sp³-hybridized carbons (Fsp3) is 0.500. The Morgan fingerprint density at radius 3 is 2.71 bits per heavy atom. The highest BCUT2D eigenvalue weighted by Crippen LogP contribution is 2.37. The van der Waals surface area contributed by atoms with E-state index in [1.165, 1.54) is 12.8 Å². The first-order valence-corrected chi connectivity index (χ1v) is 6.54. The summed E-state index contributed by atoms with van der Waals surface area (Å²) in [4.78, 5) is 12.9. The minimum absolute atomic E-state index is 0.00410. The lowest BCUT2D eigenvalue weighted by atomic mass is 9.87. The molecule has 17 heavy (non-hydrogen) atoms. The van der Waals surface area contributed by atoms with Crippen LogP contribution in [0.4, 0.5) is 0 Å². The molecule has 92 valence electrons. The summed E-state index contributed by atoms with van der Waals surface area (Å²) in [6.45, 7) is 4.44. The molecule has 3 heteroatoms. The highest BCUT2D eigenvalue weighted by molar-refractivity contribution is 7.80. The quantitative estimate of drug-likeness (QED) is 0.774. The van der Waals surface area contributed by atoms with Crippen LogP contribution in [0, 0.1) is 5.41 Å². The molecule has 0 heterocycles. The number of amides is 1. The van der Waals surface area contributed by atoms with Gasteiger partial charge in [0.25, 0.3) is 5.91 Å². The maximum Gasteiger partial charge on any atom is 0.252 e.